The van der Waals surface area contributed by atoms with Gasteiger partial charge >= 0.3 is 0 Å². The van der Waals surface area contributed by atoms with Crippen molar-refractivity contribution in [2.45, 2.75) is 13.3 Å². The molecule has 1 aliphatic rings. The van der Waals surface area contributed by atoms with Gasteiger partial charge < -0.3 is 14.2 Å². The zero-order valence-corrected chi connectivity index (χ0v) is 12.0. The summed E-state index contributed by atoms with van der Waals surface area (Å²) in [5.74, 6) is 2.41. The molecule has 0 saturated carbocycles. The quantitative estimate of drug-likeness (QED) is 0.827. The zero-order chi connectivity index (χ0) is 14.5. The lowest BCUT2D eigenvalue weighted by molar-refractivity contribution is 0.173. The zero-order valence-electron chi connectivity index (χ0n) is 12.0. The van der Waals surface area contributed by atoms with Gasteiger partial charge in [0.2, 0.25) is 6.79 Å². The normalized spacial score (nSPS) is 12.8. The van der Waals surface area contributed by atoms with Crippen molar-refractivity contribution in [3.05, 3.63) is 59.7 Å². The average Bonchev–Trinajstić information content (AvgIpc) is 2.96. The molecule has 0 atom stereocenters. The Labute approximate surface area is 124 Å². The molecule has 1 heterocycles. The van der Waals surface area contributed by atoms with Gasteiger partial charge in [-0.3, -0.25) is 0 Å². The highest BCUT2D eigenvalue weighted by atomic mass is 16.7. The van der Waals surface area contributed by atoms with Gasteiger partial charge in [-0.2, -0.15) is 0 Å². The van der Waals surface area contributed by atoms with Crippen molar-refractivity contribution in [2.24, 2.45) is 0 Å². The van der Waals surface area contributed by atoms with E-state index in [-0.39, 0.29) is 6.79 Å². The van der Waals surface area contributed by atoms with E-state index in [0.29, 0.717) is 6.61 Å². The highest BCUT2D eigenvalue weighted by Gasteiger charge is 2.17. The molecule has 0 radical (unpaired) electrons. The highest BCUT2D eigenvalue weighted by Crippen LogP contribution is 2.38. The lowest BCUT2D eigenvalue weighted by atomic mass is 10.1. The number of allylic oxidation sites excluding steroid dienone is 1. The van der Waals surface area contributed by atoms with Gasteiger partial charge in [-0.15, -0.1) is 0 Å². The van der Waals surface area contributed by atoms with E-state index in [1.54, 1.807) is 0 Å². The molecule has 0 bridgehead atoms. The van der Waals surface area contributed by atoms with E-state index >= 15 is 0 Å². The van der Waals surface area contributed by atoms with Crippen LogP contribution in [-0.2, 0) is 6.42 Å². The van der Waals surface area contributed by atoms with Crippen molar-refractivity contribution in [1.29, 1.82) is 0 Å². The van der Waals surface area contributed by atoms with Crippen LogP contribution in [0.5, 0.6) is 17.2 Å². The third-order valence-corrected chi connectivity index (χ3v) is 3.30. The number of hydrogen-bond donors (Lipinski definition) is 0. The topological polar surface area (TPSA) is 27.7 Å². The Morgan fingerprint density at radius 1 is 1.10 bits per heavy atom. The van der Waals surface area contributed by atoms with Crippen molar-refractivity contribution in [3.8, 4) is 17.2 Å². The summed E-state index contributed by atoms with van der Waals surface area (Å²) in [6.45, 7) is 2.90. The summed E-state index contributed by atoms with van der Waals surface area (Å²) < 4.78 is 16.5. The van der Waals surface area contributed by atoms with Gasteiger partial charge in [0.25, 0.3) is 0 Å². The molecule has 3 heteroatoms. The molecule has 0 unspecified atom stereocenters. The van der Waals surface area contributed by atoms with Crippen molar-refractivity contribution in [2.75, 3.05) is 13.4 Å². The number of fused-ring (bicyclic) bond motifs is 1. The van der Waals surface area contributed by atoms with Crippen LogP contribution in [0.25, 0.3) is 6.08 Å². The molecule has 0 aliphatic carbocycles. The second kappa shape index (κ2) is 6.35. The number of rotatable bonds is 5. The Morgan fingerprint density at radius 2 is 1.86 bits per heavy atom. The van der Waals surface area contributed by atoms with Crippen LogP contribution in [0.4, 0.5) is 0 Å². The molecule has 21 heavy (non-hydrogen) atoms. The summed E-state index contributed by atoms with van der Waals surface area (Å²) in [4.78, 5) is 0. The summed E-state index contributed by atoms with van der Waals surface area (Å²) in [5, 5.41) is 0. The lowest BCUT2D eigenvalue weighted by Crippen LogP contribution is -1.96. The minimum atomic E-state index is 0.282. The fraction of sp³-hybridized carbons (Fsp3) is 0.222. The Hall–Kier alpha value is -2.42. The van der Waals surface area contributed by atoms with Gasteiger partial charge in [0.15, 0.2) is 11.5 Å². The summed E-state index contributed by atoms with van der Waals surface area (Å²) in [6, 6.07) is 14.2. The fourth-order valence-corrected chi connectivity index (χ4v) is 2.30. The molecule has 3 nitrogen and oxygen atoms in total. The molecule has 3 rings (SSSR count). The Morgan fingerprint density at radius 3 is 2.62 bits per heavy atom. The molecule has 108 valence electrons. The molecule has 0 N–H and O–H groups in total. The minimum absolute atomic E-state index is 0.282. The predicted octanol–water partition coefficient (Wildman–Crippen LogP) is 4.07. The molecular formula is C18H18O3. The molecule has 0 spiro atoms. The fourth-order valence-electron chi connectivity index (χ4n) is 2.30. The van der Waals surface area contributed by atoms with E-state index in [1.807, 2.05) is 37.3 Å². The van der Waals surface area contributed by atoms with E-state index in [0.717, 1.165) is 29.2 Å². The Kier molecular flexibility index (Phi) is 4.10. The maximum absolute atomic E-state index is 5.70. The van der Waals surface area contributed by atoms with Crippen LogP contribution in [0, 0.1) is 0 Å². The first-order chi connectivity index (χ1) is 10.4. The molecule has 0 saturated heterocycles. The van der Waals surface area contributed by atoms with E-state index in [1.165, 1.54) is 5.56 Å². The van der Waals surface area contributed by atoms with Crippen molar-refractivity contribution in [3.63, 3.8) is 0 Å². The van der Waals surface area contributed by atoms with E-state index < -0.39 is 0 Å². The molecule has 1 aliphatic heterocycles. The van der Waals surface area contributed by atoms with Crippen LogP contribution in [0.3, 0.4) is 0 Å². The molecule has 2 aromatic carbocycles. The number of benzene rings is 2. The maximum Gasteiger partial charge on any atom is 0.231 e. The van der Waals surface area contributed by atoms with Gasteiger partial charge in [0.05, 0.1) is 6.61 Å². The smallest absolute Gasteiger partial charge is 0.231 e. The van der Waals surface area contributed by atoms with Crippen LogP contribution in [0.2, 0.25) is 0 Å². The largest absolute Gasteiger partial charge is 0.493 e. The summed E-state index contributed by atoms with van der Waals surface area (Å²) in [6.07, 6.45) is 5.04. The van der Waals surface area contributed by atoms with Gasteiger partial charge in [-0.1, -0.05) is 42.5 Å². The van der Waals surface area contributed by atoms with Gasteiger partial charge in [0.1, 0.15) is 5.75 Å². The first-order valence-electron chi connectivity index (χ1n) is 7.13. The van der Waals surface area contributed by atoms with Crippen LogP contribution in [0.15, 0.2) is 48.5 Å². The first-order valence-corrected chi connectivity index (χ1v) is 7.13. The Balaban J connectivity index is 1.79. The second-order valence-corrected chi connectivity index (χ2v) is 4.76. The molecule has 0 aromatic heterocycles. The van der Waals surface area contributed by atoms with Gasteiger partial charge in [-0.05, 0) is 25.0 Å². The van der Waals surface area contributed by atoms with Crippen molar-refractivity contribution >= 4 is 6.08 Å². The van der Waals surface area contributed by atoms with Gasteiger partial charge in [-0.25, -0.2) is 0 Å². The standard InChI is InChI=1S/C18H18O3/c1-2-19-16-12-18-17(20-13-21-18)11-15(16)10-6-9-14-7-4-3-5-8-14/h3-9,11-12H,2,10,13H2,1H3. The SMILES string of the molecule is CCOc1cc2c(cc1CC=Cc1ccccc1)OCO2. The van der Waals surface area contributed by atoms with Crippen LogP contribution in [-0.4, -0.2) is 13.4 Å². The Bertz CT molecular complexity index is 632. The summed E-state index contributed by atoms with van der Waals surface area (Å²) in [7, 11) is 0. The van der Waals surface area contributed by atoms with E-state index in [4.69, 9.17) is 14.2 Å². The first kappa shape index (κ1) is 13.6. The minimum Gasteiger partial charge on any atom is -0.493 e. The lowest BCUT2D eigenvalue weighted by Gasteiger charge is -2.10. The van der Waals surface area contributed by atoms with Crippen molar-refractivity contribution in [1.82, 2.24) is 0 Å². The third-order valence-electron chi connectivity index (χ3n) is 3.30. The van der Waals surface area contributed by atoms with Crippen LogP contribution >= 0.6 is 0 Å². The number of hydrogen-bond acceptors (Lipinski definition) is 3. The van der Waals surface area contributed by atoms with E-state index in [9.17, 15) is 0 Å². The van der Waals surface area contributed by atoms with Crippen LogP contribution < -0.4 is 14.2 Å². The predicted molar refractivity (Wildman–Crippen MR) is 82.9 cm³/mol. The highest BCUT2D eigenvalue weighted by molar-refractivity contribution is 5.54. The van der Waals surface area contributed by atoms with Crippen molar-refractivity contribution < 1.29 is 14.2 Å². The molecule has 0 amide bonds. The molecule has 0 fully saturated rings. The summed E-state index contributed by atoms with van der Waals surface area (Å²) >= 11 is 0. The summed E-state index contributed by atoms with van der Waals surface area (Å²) in [5.41, 5.74) is 2.30. The molecule has 2 aromatic rings. The monoisotopic (exact) mass is 282 g/mol. The number of ether oxygens (including phenoxy) is 3. The second-order valence-electron chi connectivity index (χ2n) is 4.76. The third kappa shape index (κ3) is 3.19. The van der Waals surface area contributed by atoms with E-state index in [2.05, 4.69) is 24.3 Å². The average molecular weight is 282 g/mol. The maximum atomic E-state index is 5.70. The van der Waals surface area contributed by atoms with Gasteiger partial charge in [0, 0.05) is 11.6 Å². The van der Waals surface area contributed by atoms with Crippen LogP contribution in [0.1, 0.15) is 18.1 Å². The molecular weight excluding hydrogens is 264 g/mol.